The van der Waals surface area contributed by atoms with Gasteiger partial charge in [0.2, 0.25) is 0 Å². The van der Waals surface area contributed by atoms with Crippen molar-refractivity contribution in [2.75, 3.05) is 18.8 Å². The molecule has 0 aromatic carbocycles. The molecule has 2 aliphatic rings. The molecule has 2 aliphatic carbocycles. The van der Waals surface area contributed by atoms with Crippen LogP contribution < -0.4 is 0 Å². The summed E-state index contributed by atoms with van der Waals surface area (Å²) in [6.07, 6.45) is 11.3. The van der Waals surface area contributed by atoms with Crippen molar-refractivity contribution in [3.05, 3.63) is 0 Å². The minimum Gasteiger partial charge on any atom is -0.386 e. The predicted molar refractivity (Wildman–Crippen MR) is 73.7 cm³/mol. The molecule has 0 aliphatic heterocycles. The van der Waals surface area contributed by atoms with Crippen molar-refractivity contribution < 1.29 is 5.11 Å². The van der Waals surface area contributed by atoms with Crippen LogP contribution in [0.4, 0.5) is 0 Å². The van der Waals surface area contributed by atoms with E-state index in [0.717, 1.165) is 12.3 Å². The predicted octanol–water partition coefficient (Wildman–Crippen LogP) is 3.28. The summed E-state index contributed by atoms with van der Waals surface area (Å²) < 4.78 is -0.0488. The highest BCUT2D eigenvalue weighted by Crippen LogP contribution is 2.63. The van der Waals surface area contributed by atoms with Gasteiger partial charge in [0.05, 0.1) is 0 Å². The molecule has 0 amide bonds. The standard InChI is InChI=1S/C11H20OS3/c1-13-11(14-2,15-3)10(12)7-8-4-5-9(10)6-8/h8-9,12H,4-7H2,1-3H3. The van der Waals surface area contributed by atoms with Gasteiger partial charge in [-0.2, -0.15) is 0 Å². The first kappa shape index (κ1) is 12.5. The Morgan fingerprint density at radius 2 is 1.73 bits per heavy atom. The molecule has 15 heavy (non-hydrogen) atoms. The molecule has 2 saturated carbocycles. The van der Waals surface area contributed by atoms with Gasteiger partial charge in [-0.15, -0.1) is 35.3 Å². The Bertz CT molecular complexity index is 234. The largest absolute Gasteiger partial charge is 0.386 e. The fourth-order valence-electron chi connectivity index (χ4n) is 3.46. The van der Waals surface area contributed by atoms with Crippen molar-refractivity contribution in [2.45, 2.75) is 34.7 Å². The minimum atomic E-state index is -0.436. The zero-order valence-corrected chi connectivity index (χ0v) is 12.1. The monoisotopic (exact) mass is 264 g/mol. The molecule has 4 heteroatoms. The van der Waals surface area contributed by atoms with Crippen molar-refractivity contribution in [2.24, 2.45) is 11.8 Å². The summed E-state index contributed by atoms with van der Waals surface area (Å²) in [7, 11) is 0. The summed E-state index contributed by atoms with van der Waals surface area (Å²) in [6.45, 7) is 0. The normalized spacial score (nSPS) is 40.0. The van der Waals surface area contributed by atoms with E-state index >= 15 is 0 Å². The average molecular weight is 264 g/mol. The molecule has 0 spiro atoms. The van der Waals surface area contributed by atoms with Crippen LogP contribution in [0, 0.1) is 11.8 Å². The van der Waals surface area contributed by atoms with E-state index in [2.05, 4.69) is 18.8 Å². The van der Waals surface area contributed by atoms with Crippen molar-refractivity contribution in [1.82, 2.24) is 0 Å². The van der Waals surface area contributed by atoms with Crippen molar-refractivity contribution >= 4 is 35.3 Å². The van der Waals surface area contributed by atoms with Gasteiger partial charge in [0, 0.05) is 0 Å². The molecule has 2 fully saturated rings. The third-order valence-electron chi connectivity index (χ3n) is 4.15. The maximum atomic E-state index is 11.0. The molecule has 3 unspecified atom stereocenters. The molecular formula is C11H20OS3. The highest BCUT2D eigenvalue weighted by Gasteiger charge is 2.60. The van der Waals surface area contributed by atoms with Gasteiger partial charge in [-0.1, -0.05) is 0 Å². The molecule has 0 heterocycles. The van der Waals surface area contributed by atoms with E-state index in [9.17, 15) is 5.11 Å². The van der Waals surface area contributed by atoms with E-state index in [0.29, 0.717) is 5.92 Å². The Balaban J connectivity index is 2.27. The third-order valence-corrected chi connectivity index (χ3v) is 9.83. The van der Waals surface area contributed by atoms with Crippen LogP contribution in [0.2, 0.25) is 0 Å². The molecule has 1 N–H and O–H groups in total. The number of hydrogen-bond acceptors (Lipinski definition) is 4. The van der Waals surface area contributed by atoms with Crippen molar-refractivity contribution in [3.63, 3.8) is 0 Å². The lowest BCUT2D eigenvalue weighted by Crippen LogP contribution is -2.51. The topological polar surface area (TPSA) is 20.2 Å². The summed E-state index contributed by atoms with van der Waals surface area (Å²) in [4.78, 5) is 0. The molecule has 0 aromatic rings. The number of rotatable bonds is 4. The van der Waals surface area contributed by atoms with Gasteiger partial charge in [0.25, 0.3) is 0 Å². The number of aliphatic hydroxyl groups is 1. The fraction of sp³-hybridized carbons (Fsp3) is 1.00. The number of fused-ring (bicyclic) bond motifs is 2. The SMILES string of the molecule is CSC(SC)(SC)C1(O)CC2CCC1C2. The summed E-state index contributed by atoms with van der Waals surface area (Å²) in [6, 6.07) is 0. The second kappa shape index (κ2) is 4.35. The molecule has 1 nitrogen and oxygen atoms in total. The van der Waals surface area contributed by atoms with E-state index in [1.165, 1.54) is 19.3 Å². The molecule has 88 valence electrons. The molecule has 3 atom stereocenters. The summed E-state index contributed by atoms with van der Waals surface area (Å²) in [5, 5.41) is 11.0. The molecule has 2 bridgehead atoms. The van der Waals surface area contributed by atoms with Gasteiger partial charge in [-0.25, -0.2) is 0 Å². The lowest BCUT2D eigenvalue weighted by Gasteiger charge is -2.46. The van der Waals surface area contributed by atoms with Crippen LogP contribution in [-0.2, 0) is 0 Å². The van der Waals surface area contributed by atoms with E-state index < -0.39 is 5.60 Å². The third kappa shape index (κ3) is 1.67. The molecule has 2 rings (SSSR count). The molecular weight excluding hydrogens is 244 g/mol. The highest BCUT2D eigenvalue weighted by atomic mass is 32.3. The van der Waals surface area contributed by atoms with Crippen LogP contribution in [0.3, 0.4) is 0 Å². The van der Waals surface area contributed by atoms with Crippen LogP contribution in [0.25, 0.3) is 0 Å². The van der Waals surface area contributed by atoms with E-state index in [1.54, 1.807) is 0 Å². The van der Waals surface area contributed by atoms with Gasteiger partial charge in [-0.3, -0.25) is 0 Å². The second-order valence-electron chi connectivity index (χ2n) is 4.67. The quantitative estimate of drug-likeness (QED) is 0.786. The van der Waals surface area contributed by atoms with Crippen LogP contribution in [0.1, 0.15) is 25.7 Å². The van der Waals surface area contributed by atoms with Crippen LogP contribution in [0.15, 0.2) is 0 Å². The Labute approximate surface area is 106 Å². The van der Waals surface area contributed by atoms with E-state index in [-0.39, 0.29) is 3.41 Å². The summed E-state index contributed by atoms with van der Waals surface area (Å²) in [5.74, 6) is 1.35. The maximum Gasteiger partial charge on any atom is 0.135 e. The van der Waals surface area contributed by atoms with Crippen molar-refractivity contribution in [1.29, 1.82) is 0 Å². The lowest BCUT2D eigenvalue weighted by atomic mass is 9.85. The minimum absolute atomic E-state index is 0.0488. The smallest absolute Gasteiger partial charge is 0.135 e. The Hall–Kier alpha value is 1.01. The fourth-order valence-corrected chi connectivity index (χ4v) is 7.27. The Morgan fingerprint density at radius 1 is 1.13 bits per heavy atom. The lowest BCUT2D eigenvalue weighted by molar-refractivity contribution is -0.00390. The van der Waals surface area contributed by atoms with Crippen LogP contribution >= 0.6 is 35.3 Å². The van der Waals surface area contributed by atoms with Gasteiger partial charge >= 0.3 is 0 Å². The highest BCUT2D eigenvalue weighted by molar-refractivity contribution is 8.33. The zero-order valence-electron chi connectivity index (χ0n) is 9.66. The molecule has 0 aromatic heterocycles. The Morgan fingerprint density at radius 3 is 2.07 bits per heavy atom. The van der Waals surface area contributed by atoms with E-state index in [4.69, 9.17) is 0 Å². The zero-order chi connectivity index (χ0) is 11.1. The summed E-state index contributed by atoms with van der Waals surface area (Å²) in [5.41, 5.74) is -0.436. The Kier molecular flexibility index (Phi) is 3.62. The van der Waals surface area contributed by atoms with Gasteiger partial charge in [0.15, 0.2) is 0 Å². The van der Waals surface area contributed by atoms with Crippen LogP contribution in [0.5, 0.6) is 0 Å². The number of thioether (sulfide) groups is 3. The first-order chi connectivity index (χ1) is 7.12. The molecule has 0 saturated heterocycles. The maximum absolute atomic E-state index is 11.0. The van der Waals surface area contributed by atoms with Gasteiger partial charge in [0.1, 0.15) is 9.01 Å². The second-order valence-corrected chi connectivity index (χ2v) is 8.51. The van der Waals surface area contributed by atoms with Crippen molar-refractivity contribution in [3.8, 4) is 0 Å². The first-order valence-electron chi connectivity index (χ1n) is 5.49. The van der Waals surface area contributed by atoms with Crippen LogP contribution in [-0.4, -0.2) is 32.9 Å². The summed E-state index contributed by atoms with van der Waals surface area (Å²) >= 11 is 5.49. The average Bonchev–Trinajstić information content (AvgIpc) is 2.81. The molecule has 0 radical (unpaired) electrons. The van der Waals surface area contributed by atoms with Gasteiger partial charge < -0.3 is 5.11 Å². The number of hydrogen-bond donors (Lipinski definition) is 1. The van der Waals surface area contributed by atoms with E-state index in [1.807, 2.05) is 35.3 Å². The first-order valence-corrected chi connectivity index (χ1v) is 9.17. The van der Waals surface area contributed by atoms with Gasteiger partial charge in [-0.05, 0) is 56.3 Å².